The van der Waals surface area contributed by atoms with Gasteiger partial charge in [-0.15, -0.1) is 0 Å². The van der Waals surface area contributed by atoms with E-state index in [1.807, 2.05) is 6.92 Å². The first-order valence-electron chi connectivity index (χ1n) is 10.5. The maximum atomic E-state index is 12.7. The van der Waals surface area contributed by atoms with E-state index < -0.39 is 60.5 Å². The fraction of sp³-hybridized carbons (Fsp3) is 0.565. The van der Waals surface area contributed by atoms with Crippen LogP contribution in [-0.2, 0) is 42.9 Å². The number of fused-ring (bicyclic) bond motifs is 3. The van der Waals surface area contributed by atoms with Crippen LogP contribution in [0.15, 0.2) is 34.9 Å². The third kappa shape index (κ3) is 5.51. The van der Waals surface area contributed by atoms with Crippen molar-refractivity contribution in [1.82, 2.24) is 0 Å². The number of aliphatic hydroxyl groups excluding tert-OH is 1. The molecule has 0 saturated carbocycles. The van der Waals surface area contributed by atoms with E-state index in [1.165, 1.54) is 13.8 Å². The monoisotopic (exact) mass is 464 g/mol. The predicted molar refractivity (Wildman–Crippen MR) is 111 cm³/mol. The van der Waals surface area contributed by atoms with Crippen molar-refractivity contribution in [3.63, 3.8) is 0 Å². The van der Waals surface area contributed by atoms with E-state index in [-0.39, 0.29) is 24.2 Å². The first-order chi connectivity index (χ1) is 15.4. The number of ether oxygens (including phenoxy) is 5. The number of rotatable bonds is 6. The quantitative estimate of drug-likeness (QED) is 0.200. The first-order valence-corrected chi connectivity index (χ1v) is 10.5. The Balaban J connectivity index is 2.06. The molecule has 10 nitrogen and oxygen atoms in total. The van der Waals surface area contributed by atoms with E-state index in [0.717, 1.165) is 0 Å². The summed E-state index contributed by atoms with van der Waals surface area (Å²) in [6.45, 7) is 8.63. The highest BCUT2D eigenvalue weighted by Gasteiger charge is 2.62. The van der Waals surface area contributed by atoms with Gasteiger partial charge in [-0.2, -0.15) is 0 Å². The van der Waals surface area contributed by atoms with Gasteiger partial charge < -0.3 is 28.8 Å². The Bertz CT molecular complexity index is 945. The summed E-state index contributed by atoms with van der Waals surface area (Å²) in [7, 11) is 0. The highest BCUT2D eigenvalue weighted by Crippen LogP contribution is 2.49. The van der Waals surface area contributed by atoms with Crippen LogP contribution >= 0.6 is 0 Å². The summed E-state index contributed by atoms with van der Waals surface area (Å²) < 4.78 is 27.6. The Morgan fingerprint density at radius 3 is 2.55 bits per heavy atom. The lowest BCUT2D eigenvalue weighted by atomic mass is 9.86. The van der Waals surface area contributed by atoms with Crippen molar-refractivity contribution in [2.75, 3.05) is 13.2 Å². The highest BCUT2D eigenvalue weighted by molar-refractivity contribution is 5.94. The van der Waals surface area contributed by atoms with Crippen LogP contribution < -0.4 is 0 Å². The molecule has 3 aliphatic rings. The topological polar surface area (TPSA) is 138 Å². The molecule has 1 N–H and O–H groups in total. The lowest BCUT2D eigenvalue weighted by Crippen LogP contribution is -2.35. The van der Waals surface area contributed by atoms with Crippen LogP contribution in [-0.4, -0.2) is 72.2 Å². The fourth-order valence-electron chi connectivity index (χ4n) is 4.18. The molecule has 0 spiro atoms. The van der Waals surface area contributed by atoms with Gasteiger partial charge in [-0.1, -0.05) is 12.2 Å². The summed E-state index contributed by atoms with van der Waals surface area (Å²) in [5.74, 6) is -2.59. The summed E-state index contributed by atoms with van der Waals surface area (Å²) >= 11 is 0. The summed E-state index contributed by atoms with van der Waals surface area (Å²) in [5, 5.41) is 9.27. The smallest absolute Gasteiger partial charge is 0.338 e. The maximum Gasteiger partial charge on any atom is 0.338 e. The zero-order valence-electron chi connectivity index (χ0n) is 19.0. The minimum atomic E-state index is -0.997. The number of carbonyl (C=O) groups excluding carboxylic acids is 4. The Kier molecular flexibility index (Phi) is 7.08. The molecule has 5 unspecified atom stereocenters. The minimum Gasteiger partial charge on any atom is -0.461 e. The van der Waals surface area contributed by atoms with Crippen LogP contribution in [0.25, 0.3) is 0 Å². The van der Waals surface area contributed by atoms with Crippen molar-refractivity contribution in [2.24, 2.45) is 0 Å². The molecule has 0 bridgehead atoms. The van der Waals surface area contributed by atoms with Gasteiger partial charge in [0.2, 0.25) is 0 Å². The molecular weight excluding hydrogens is 436 g/mol. The molecule has 0 aromatic heterocycles. The van der Waals surface area contributed by atoms with Crippen molar-refractivity contribution in [3.8, 4) is 0 Å². The largest absolute Gasteiger partial charge is 0.461 e. The van der Waals surface area contributed by atoms with Crippen molar-refractivity contribution >= 4 is 23.9 Å². The van der Waals surface area contributed by atoms with E-state index in [2.05, 4.69) is 6.58 Å². The number of carbonyl (C=O) groups is 4. The van der Waals surface area contributed by atoms with Gasteiger partial charge in [0.1, 0.15) is 30.5 Å². The van der Waals surface area contributed by atoms with Crippen LogP contribution in [0.1, 0.15) is 40.5 Å². The van der Waals surface area contributed by atoms with Gasteiger partial charge in [-0.05, 0) is 19.9 Å². The van der Waals surface area contributed by atoms with Crippen molar-refractivity contribution in [3.05, 3.63) is 34.9 Å². The summed E-state index contributed by atoms with van der Waals surface area (Å²) in [6.07, 6.45) is -0.848. The zero-order chi connectivity index (χ0) is 24.5. The molecular formula is C23H28O10. The molecule has 2 aliphatic heterocycles. The molecule has 0 aromatic rings. The number of hydrogen-bond acceptors (Lipinski definition) is 10. The molecule has 0 radical (unpaired) electrons. The lowest BCUT2D eigenvalue weighted by Gasteiger charge is -2.26. The molecule has 1 aliphatic carbocycles. The standard InChI is InChI=1S/C23H28O10/c1-11-6-15(30-14(4)26)8-23(5)20(33-23)19-18(16(22(28)32-19)10-29-13(3)25)17(7-11)31-21(27)12(2)9-24/h6,15,17,19-20,24H,2,7-10H2,1,3-5H3. The molecule has 0 amide bonds. The average molecular weight is 464 g/mol. The molecule has 2 heterocycles. The van der Waals surface area contributed by atoms with Crippen molar-refractivity contribution < 1.29 is 48.0 Å². The average Bonchev–Trinajstić information content (AvgIpc) is 3.25. The number of hydrogen-bond donors (Lipinski definition) is 1. The second-order valence-corrected chi connectivity index (χ2v) is 8.62. The zero-order valence-corrected chi connectivity index (χ0v) is 19.0. The molecule has 0 aromatic carbocycles. The van der Waals surface area contributed by atoms with Gasteiger partial charge in [0.15, 0.2) is 6.10 Å². The van der Waals surface area contributed by atoms with E-state index in [4.69, 9.17) is 23.7 Å². The van der Waals surface area contributed by atoms with Gasteiger partial charge in [0, 0.05) is 32.3 Å². The van der Waals surface area contributed by atoms with Gasteiger partial charge in [0.25, 0.3) is 0 Å². The fourth-order valence-corrected chi connectivity index (χ4v) is 4.18. The molecule has 3 rings (SSSR count). The normalized spacial score (nSPS) is 30.8. The van der Waals surface area contributed by atoms with Crippen LogP contribution in [0.2, 0.25) is 0 Å². The van der Waals surface area contributed by atoms with Crippen LogP contribution in [0.3, 0.4) is 0 Å². The van der Waals surface area contributed by atoms with Gasteiger partial charge in [-0.3, -0.25) is 9.59 Å². The number of esters is 4. The Hall–Kier alpha value is -2.98. The summed E-state index contributed by atoms with van der Waals surface area (Å²) in [4.78, 5) is 48.2. The minimum absolute atomic E-state index is 0.0744. The van der Waals surface area contributed by atoms with E-state index in [0.29, 0.717) is 17.6 Å². The Labute approximate surface area is 191 Å². The van der Waals surface area contributed by atoms with Crippen LogP contribution in [0.4, 0.5) is 0 Å². The third-order valence-corrected chi connectivity index (χ3v) is 5.75. The third-order valence-electron chi connectivity index (χ3n) is 5.75. The SMILES string of the molecule is C=C(CO)C(=O)OC1CC(C)=CC(OC(C)=O)CC2(C)OC2C2OC(=O)C(COC(C)=O)=C12. The molecule has 33 heavy (non-hydrogen) atoms. The Morgan fingerprint density at radius 2 is 1.94 bits per heavy atom. The van der Waals surface area contributed by atoms with Crippen molar-refractivity contribution in [2.45, 2.75) is 70.6 Å². The summed E-state index contributed by atoms with van der Waals surface area (Å²) in [6, 6.07) is 0. The van der Waals surface area contributed by atoms with E-state index >= 15 is 0 Å². The molecule has 1 fully saturated rings. The van der Waals surface area contributed by atoms with Crippen LogP contribution in [0.5, 0.6) is 0 Å². The van der Waals surface area contributed by atoms with Crippen LogP contribution in [0, 0.1) is 0 Å². The lowest BCUT2D eigenvalue weighted by molar-refractivity contribution is -0.145. The van der Waals surface area contributed by atoms with Crippen molar-refractivity contribution in [1.29, 1.82) is 0 Å². The first kappa shape index (κ1) is 24.7. The number of epoxide rings is 1. The highest BCUT2D eigenvalue weighted by atomic mass is 16.7. The predicted octanol–water partition coefficient (Wildman–Crippen LogP) is 1.06. The van der Waals surface area contributed by atoms with Gasteiger partial charge in [0.05, 0.1) is 17.8 Å². The second kappa shape index (κ2) is 9.48. The van der Waals surface area contributed by atoms with E-state index in [9.17, 15) is 24.3 Å². The molecule has 180 valence electrons. The molecule has 1 saturated heterocycles. The molecule has 10 heteroatoms. The van der Waals surface area contributed by atoms with Gasteiger partial charge in [-0.25, -0.2) is 9.59 Å². The number of aliphatic hydroxyl groups is 1. The molecule has 5 atom stereocenters. The second-order valence-electron chi connectivity index (χ2n) is 8.62. The van der Waals surface area contributed by atoms with Gasteiger partial charge >= 0.3 is 23.9 Å². The van der Waals surface area contributed by atoms with E-state index in [1.54, 1.807) is 13.0 Å². The Morgan fingerprint density at radius 1 is 1.24 bits per heavy atom. The summed E-state index contributed by atoms with van der Waals surface area (Å²) in [5.41, 5.74) is 0.194. The maximum absolute atomic E-state index is 12.7.